The first kappa shape index (κ1) is 34.4. The third-order valence-corrected chi connectivity index (χ3v) is 7.93. The van der Waals surface area contributed by atoms with Gasteiger partial charge in [-0.1, -0.05) is 0 Å². The summed E-state index contributed by atoms with van der Waals surface area (Å²) in [6.45, 7) is 0.326. The molecular formula is C24H50N8O9. The highest BCUT2D eigenvalue weighted by Crippen LogP contribution is 2.31. The van der Waals surface area contributed by atoms with E-state index >= 15 is 0 Å². The van der Waals surface area contributed by atoms with E-state index in [1.165, 1.54) is 0 Å². The fraction of sp³-hybridized carbons (Fsp3) is 0.958. The minimum absolute atomic E-state index is 0.0330. The van der Waals surface area contributed by atoms with Gasteiger partial charge in [0.05, 0.1) is 49.1 Å². The number of amides is 1. The van der Waals surface area contributed by atoms with Gasteiger partial charge >= 0.3 is 0 Å². The lowest BCUT2D eigenvalue weighted by molar-refractivity contribution is -0.303. The lowest BCUT2D eigenvalue weighted by atomic mass is 9.81. The van der Waals surface area contributed by atoms with E-state index in [0.717, 1.165) is 0 Å². The Bertz CT molecular complexity index is 804. The molecule has 17 heteroatoms. The first-order valence-corrected chi connectivity index (χ1v) is 14.2. The van der Waals surface area contributed by atoms with Crippen molar-refractivity contribution in [2.75, 3.05) is 32.8 Å². The van der Waals surface area contributed by atoms with Gasteiger partial charge in [-0.3, -0.25) is 4.79 Å². The Morgan fingerprint density at radius 3 is 2.29 bits per heavy atom. The number of aliphatic hydroxyl groups is 4. The van der Waals surface area contributed by atoms with E-state index in [2.05, 4.69) is 10.6 Å². The molecule has 0 aromatic rings. The van der Waals surface area contributed by atoms with Crippen LogP contribution in [0.15, 0.2) is 0 Å². The molecule has 0 spiro atoms. The van der Waals surface area contributed by atoms with Crippen molar-refractivity contribution in [3.8, 4) is 0 Å². The smallest absolute Gasteiger partial charge is 0.249 e. The topological polar surface area (TPSA) is 315 Å². The van der Waals surface area contributed by atoms with Crippen molar-refractivity contribution in [1.82, 2.24) is 10.6 Å². The van der Waals surface area contributed by atoms with Crippen molar-refractivity contribution < 1.29 is 44.2 Å². The van der Waals surface area contributed by atoms with E-state index in [-0.39, 0.29) is 38.6 Å². The maximum absolute atomic E-state index is 12.8. The molecule has 41 heavy (non-hydrogen) atoms. The summed E-state index contributed by atoms with van der Waals surface area (Å²) in [5, 5.41) is 47.1. The van der Waals surface area contributed by atoms with Crippen LogP contribution >= 0.6 is 0 Å². The van der Waals surface area contributed by atoms with E-state index in [9.17, 15) is 25.2 Å². The van der Waals surface area contributed by atoms with Crippen LogP contribution < -0.4 is 45.0 Å². The molecule has 0 aromatic heterocycles. The minimum Gasteiger partial charge on any atom is -0.394 e. The summed E-state index contributed by atoms with van der Waals surface area (Å²) in [5.41, 5.74) is 36.0. The molecule has 2 saturated heterocycles. The molecule has 14 atom stereocenters. The molecule has 1 amide bonds. The van der Waals surface area contributed by atoms with Gasteiger partial charge in [-0.25, -0.2) is 0 Å². The molecule has 18 N–H and O–H groups in total. The number of rotatable bonds is 13. The van der Waals surface area contributed by atoms with Crippen LogP contribution in [0.1, 0.15) is 25.7 Å². The van der Waals surface area contributed by atoms with Crippen molar-refractivity contribution >= 4 is 5.91 Å². The van der Waals surface area contributed by atoms with Gasteiger partial charge in [0.25, 0.3) is 0 Å². The van der Waals surface area contributed by atoms with E-state index in [1.807, 2.05) is 0 Å². The Labute approximate surface area is 239 Å². The maximum Gasteiger partial charge on any atom is 0.249 e. The molecule has 3 aliphatic rings. The minimum atomic E-state index is -1.49. The predicted octanol–water partition coefficient (Wildman–Crippen LogP) is -6.84. The highest BCUT2D eigenvalue weighted by Gasteiger charge is 2.51. The van der Waals surface area contributed by atoms with Crippen LogP contribution in [0.2, 0.25) is 0 Å². The van der Waals surface area contributed by atoms with Crippen molar-refractivity contribution in [3.05, 3.63) is 0 Å². The molecule has 3 fully saturated rings. The third kappa shape index (κ3) is 8.49. The van der Waals surface area contributed by atoms with Crippen molar-refractivity contribution in [3.63, 3.8) is 0 Å². The second-order valence-electron chi connectivity index (χ2n) is 11.0. The first-order valence-electron chi connectivity index (χ1n) is 14.2. The van der Waals surface area contributed by atoms with Crippen LogP contribution in [0.4, 0.5) is 0 Å². The van der Waals surface area contributed by atoms with Gasteiger partial charge in [-0.15, -0.1) is 0 Å². The summed E-state index contributed by atoms with van der Waals surface area (Å²) >= 11 is 0. The Morgan fingerprint density at radius 1 is 0.951 bits per heavy atom. The molecule has 1 aliphatic carbocycles. The monoisotopic (exact) mass is 594 g/mol. The molecule has 2 heterocycles. The van der Waals surface area contributed by atoms with Gasteiger partial charge in [0, 0.05) is 25.7 Å². The largest absolute Gasteiger partial charge is 0.394 e. The zero-order valence-electron chi connectivity index (χ0n) is 23.2. The summed E-state index contributed by atoms with van der Waals surface area (Å²) in [5.74, 6) is -0.688. The summed E-state index contributed by atoms with van der Waals surface area (Å²) < 4.78 is 24.3. The quantitative estimate of drug-likeness (QED) is 0.0942. The predicted molar refractivity (Wildman–Crippen MR) is 145 cm³/mol. The van der Waals surface area contributed by atoms with Crippen molar-refractivity contribution in [1.29, 1.82) is 0 Å². The van der Waals surface area contributed by atoms with Crippen molar-refractivity contribution in [2.24, 2.45) is 34.4 Å². The summed E-state index contributed by atoms with van der Waals surface area (Å²) in [6, 6.07) is -3.90. The lowest BCUT2D eigenvalue weighted by Gasteiger charge is -2.50. The summed E-state index contributed by atoms with van der Waals surface area (Å²) in [4.78, 5) is 12.8. The number of hydrogen-bond donors (Lipinski definition) is 12. The average molecular weight is 595 g/mol. The molecule has 0 radical (unpaired) electrons. The van der Waals surface area contributed by atoms with Crippen LogP contribution in [-0.4, -0.2) is 145 Å². The number of aliphatic hydroxyl groups excluding tert-OH is 4. The Morgan fingerprint density at radius 2 is 1.66 bits per heavy atom. The fourth-order valence-corrected chi connectivity index (χ4v) is 5.54. The molecule has 2 aliphatic heterocycles. The first-order chi connectivity index (χ1) is 19.6. The van der Waals surface area contributed by atoms with Crippen LogP contribution in [0.3, 0.4) is 0 Å². The highest BCUT2D eigenvalue weighted by molar-refractivity contribution is 5.80. The second kappa shape index (κ2) is 16.1. The summed E-state index contributed by atoms with van der Waals surface area (Å²) in [7, 11) is 0. The average Bonchev–Trinajstić information content (AvgIpc) is 2.95. The van der Waals surface area contributed by atoms with Gasteiger partial charge < -0.3 is 84.4 Å². The third-order valence-electron chi connectivity index (χ3n) is 7.93. The molecule has 240 valence electrons. The van der Waals surface area contributed by atoms with E-state index in [1.54, 1.807) is 0 Å². The normalized spacial score (nSPS) is 42.5. The molecule has 0 aromatic carbocycles. The number of hydrogen-bond acceptors (Lipinski definition) is 16. The zero-order valence-corrected chi connectivity index (χ0v) is 23.2. The second-order valence-corrected chi connectivity index (χ2v) is 11.0. The molecule has 6 unspecified atom stereocenters. The van der Waals surface area contributed by atoms with E-state index < -0.39 is 91.9 Å². The Kier molecular flexibility index (Phi) is 13.5. The zero-order chi connectivity index (χ0) is 30.3. The SMILES string of the molecule is NCCNC1C(O[C@@H]2OC(CN)CCC2N)[C@@H](N)C[C@@H](NC(=O)[C@@H](O)CCN)[C@H]1O[C@@H]1OC(CO)[C@H](O)[C@H](N)C1O. The standard InChI is InChI=1S/C24H50N8O9/c25-4-3-14(34)22(37)32-13-7-12(29)20(40-23-11(28)2-1-10(8-27)38-23)17(31-6-5-26)21(13)41-24-19(36)16(30)18(35)15(9-33)39-24/h10-21,23-24,31,33-36H,1-9,25-30H2,(H,32,37)/t10?,11?,12-,13+,14-,15?,16-,17?,18-,19?,20?,21+,23-,24-/m0/s1. The molecule has 0 bridgehead atoms. The van der Waals surface area contributed by atoms with Crippen LogP contribution in [0.25, 0.3) is 0 Å². The number of carbonyl (C=O) groups excluding carboxylic acids is 1. The fourth-order valence-electron chi connectivity index (χ4n) is 5.54. The molecule has 1 saturated carbocycles. The van der Waals surface area contributed by atoms with Gasteiger partial charge in [0.15, 0.2) is 12.6 Å². The Balaban J connectivity index is 1.92. The highest BCUT2D eigenvalue weighted by atomic mass is 16.7. The molecule has 3 rings (SSSR count). The Hall–Kier alpha value is -1.13. The summed E-state index contributed by atoms with van der Waals surface area (Å²) in [6.07, 6.45) is -8.13. The number of ether oxygens (including phenoxy) is 4. The van der Waals surface area contributed by atoms with Crippen LogP contribution in [0, 0.1) is 0 Å². The van der Waals surface area contributed by atoms with Gasteiger partial charge in [-0.05, 0) is 32.2 Å². The van der Waals surface area contributed by atoms with Crippen LogP contribution in [-0.2, 0) is 23.7 Å². The van der Waals surface area contributed by atoms with Crippen molar-refractivity contribution in [2.45, 2.75) is 111 Å². The number of carbonyl (C=O) groups is 1. The lowest BCUT2D eigenvalue weighted by Crippen LogP contribution is -2.72. The maximum atomic E-state index is 12.8. The molecule has 17 nitrogen and oxygen atoms in total. The van der Waals surface area contributed by atoms with E-state index in [4.69, 9.17) is 53.3 Å². The van der Waals surface area contributed by atoms with Gasteiger partial charge in [0.2, 0.25) is 5.91 Å². The molecular weight excluding hydrogens is 544 g/mol. The van der Waals surface area contributed by atoms with E-state index in [0.29, 0.717) is 19.4 Å². The number of nitrogens with one attached hydrogen (secondary N) is 2. The number of nitrogens with two attached hydrogens (primary N) is 6. The van der Waals surface area contributed by atoms with Crippen LogP contribution in [0.5, 0.6) is 0 Å². The van der Waals surface area contributed by atoms with Gasteiger partial charge in [-0.2, -0.15) is 0 Å². The van der Waals surface area contributed by atoms with Gasteiger partial charge in [0.1, 0.15) is 24.4 Å².